The Morgan fingerprint density at radius 1 is 1.19 bits per heavy atom. The summed E-state index contributed by atoms with van der Waals surface area (Å²) >= 11 is 0. The van der Waals surface area contributed by atoms with E-state index < -0.39 is 6.03 Å². The van der Waals surface area contributed by atoms with Gasteiger partial charge in [0.15, 0.2) is 11.5 Å². The monoisotopic (exact) mass is 361 g/mol. The predicted octanol–water partition coefficient (Wildman–Crippen LogP) is 2.22. The lowest BCUT2D eigenvalue weighted by Gasteiger charge is -2.24. The molecule has 1 saturated heterocycles. The van der Waals surface area contributed by atoms with Crippen LogP contribution in [0, 0.1) is 0 Å². The number of hydrogen-bond donors (Lipinski definition) is 2. The number of benzene rings is 1. The summed E-state index contributed by atoms with van der Waals surface area (Å²) in [5, 5.41) is 5.05. The van der Waals surface area contributed by atoms with Crippen LogP contribution in [-0.4, -0.2) is 49.2 Å². The van der Waals surface area contributed by atoms with Gasteiger partial charge in [0.2, 0.25) is 5.91 Å². The molecule has 2 aliphatic rings. The van der Waals surface area contributed by atoms with Gasteiger partial charge in [-0.25, -0.2) is 4.79 Å². The van der Waals surface area contributed by atoms with Crippen molar-refractivity contribution in [1.29, 1.82) is 0 Å². The molecule has 7 heteroatoms. The van der Waals surface area contributed by atoms with Crippen LogP contribution in [0.1, 0.15) is 44.7 Å². The molecule has 26 heavy (non-hydrogen) atoms. The third kappa shape index (κ3) is 4.66. The Bertz CT molecular complexity index is 662. The van der Waals surface area contributed by atoms with Crippen LogP contribution < -0.4 is 20.1 Å². The fraction of sp³-hybridized carbons (Fsp3) is 0.579. The Kier molecular flexibility index (Phi) is 5.98. The highest BCUT2D eigenvalue weighted by molar-refractivity contribution is 5.95. The number of nitrogens with zero attached hydrogens (tertiary/aromatic N) is 1. The van der Waals surface area contributed by atoms with Crippen molar-refractivity contribution in [2.75, 3.05) is 26.3 Å². The van der Waals surface area contributed by atoms with E-state index in [2.05, 4.69) is 15.5 Å². The maximum Gasteiger partial charge on any atom is 0.321 e. The molecule has 0 unspecified atom stereocenters. The van der Waals surface area contributed by atoms with Gasteiger partial charge in [0.05, 0.1) is 19.8 Å². The van der Waals surface area contributed by atoms with Gasteiger partial charge in [-0.1, -0.05) is 6.07 Å². The molecule has 0 saturated carbocycles. The van der Waals surface area contributed by atoms with E-state index in [1.807, 2.05) is 32.0 Å². The van der Waals surface area contributed by atoms with Gasteiger partial charge in [-0.3, -0.25) is 15.0 Å². The van der Waals surface area contributed by atoms with Crippen LogP contribution in [0.2, 0.25) is 0 Å². The van der Waals surface area contributed by atoms with Crippen LogP contribution >= 0.6 is 0 Å². The van der Waals surface area contributed by atoms with E-state index in [9.17, 15) is 9.59 Å². The second-order valence-electron chi connectivity index (χ2n) is 7.06. The van der Waals surface area contributed by atoms with Crippen molar-refractivity contribution in [3.05, 3.63) is 23.8 Å². The minimum absolute atomic E-state index is 0.0101. The molecule has 7 nitrogen and oxygen atoms in total. The van der Waals surface area contributed by atoms with E-state index in [-0.39, 0.29) is 24.5 Å². The molecule has 0 spiro atoms. The number of carbonyl (C=O) groups is 2. The van der Waals surface area contributed by atoms with Crippen LogP contribution in [0.25, 0.3) is 0 Å². The Labute approximate surface area is 154 Å². The molecule has 3 rings (SSSR count). The second-order valence-corrected chi connectivity index (χ2v) is 7.06. The Balaban J connectivity index is 1.64. The number of likely N-dealkylation sites (tertiary alicyclic amines) is 1. The molecule has 2 aliphatic heterocycles. The lowest BCUT2D eigenvalue weighted by Crippen LogP contribution is -2.46. The summed E-state index contributed by atoms with van der Waals surface area (Å²) in [5.41, 5.74) is 1.12. The SMILES string of the molecule is CC(C)NC(=O)NC(=O)CN1CCC[C@@H]1c1ccc2c(c1)OCCCO2. The van der Waals surface area contributed by atoms with Crippen LogP contribution in [0.3, 0.4) is 0 Å². The third-order valence-corrected chi connectivity index (χ3v) is 4.54. The van der Waals surface area contributed by atoms with E-state index in [0.717, 1.165) is 42.9 Å². The Hall–Kier alpha value is -2.28. The van der Waals surface area contributed by atoms with Crippen molar-refractivity contribution in [1.82, 2.24) is 15.5 Å². The van der Waals surface area contributed by atoms with Crippen LogP contribution in [0.15, 0.2) is 18.2 Å². The molecule has 0 aromatic heterocycles. The smallest absolute Gasteiger partial charge is 0.321 e. The summed E-state index contributed by atoms with van der Waals surface area (Å²) in [6, 6.07) is 5.70. The van der Waals surface area contributed by atoms with Crippen LogP contribution in [-0.2, 0) is 4.79 Å². The summed E-state index contributed by atoms with van der Waals surface area (Å²) < 4.78 is 11.5. The molecule has 1 aromatic rings. The first-order chi connectivity index (χ1) is 12.5. The molecule has 2 heterocycles. The first-order valence-electron chi connectivity index (χ1n) is 9.27. The van der Waals surface area contributed by atoms with Gasteiger partial charge in [-0.05, 0) is 50.9 Å². The minimum Gasteiger partial charge on any atom is -0.490 e. The van der Waals surface area contributed by atoms with Crippen molar-refractivity contribution >= 4 is 11.9 Å². The number of rotatable bonds is 4. The number of urea groups is 1. The van der Waals surface area contributed by atoms with E-state index >= 15 is 0 Å². The number of amides is 3. The highest BCUT2D eigenvalue weighted by Gasteiger charge is 2.29. The molecular formula is C19H27N3O4. The standard InChI is InChI=1S/C19H27N3O4/c1-13(2)20-19(24)21-18(23)12-22-8-3-5-15(22)14-6-7-16-17(11-14)26-10-4-9-25-16/h6-7,11,13,15H,3-5,8-10,12H2,1-2H3,(H2,20,21,23,24)/t15-/m1/s1. The van der Waals surface area contributed by atoms with Gasteiger partial charge < -0.3 is 14.8 Å². The van der Waals surface area contributed by atoms with Crippen molar-refractivity contribution in [2.24, 2.45) is 0 Å². The molecule has 0 aliphatic carbocycles. The zero-order chi connectivity index (χ0) is 18.5. The summed E-state index contributed by atoms with van der Waals surface area (Å²) in [6.07, 6.45) is 2.87. The quantitative estimate of drug-likeness (QED) is 0.860. The average molecular weight is 361 g/mol. The molecule has 1 atom stereocenters. The first-order valence-corrected chi connectivity index (χ1v) is 9.27. The predicted molar refractivity (Wildman–Crippen MR) is 97.4 cm³/mol. The van der Waals surface area contributed by atoms with E-state index in [1.54, 1.807) is 0 Å². The Morgan fingerprint density at radius 2 is 1.96 bits per heavy atom. The molecule has 0 bridgehead atoms. The van der Waals surface area contributed by atoms with Gasteiger partial charge in [0.25, 0.3) is 0 Å². The minimum atomic E-state index is -0.448. The van der Waals surface area contributed by atoms with Gasteiger partial charge in [-0.15, -0.1) is 0 Å². The maximum atomic E-state index is 12.2. The van der Waals surface area contributed by atoms with Crippen LogP contribution in [0.4, 0.5) is 4.79 Å². The number of nitrogens with one attached hydrogen (secondary N) is 2. The number of ether oxygens (including phenoxy) is 2. The zero-order valence-electron chi connectivity index (χ0n) is 15.4. The fourth-order valence-corrected chi connectivity index (χ4v) is 3.43. The second kappa shape index (κ2) is 8.40. The highest BCUT2D eigenvalue weighted by atomic mass is 16.5. The van der Waals surface area contributed by atoms with E-state index in [1.165, 1.54) is 0 Å². The largest absolute Gasteiger partial charge is 0.490 e. The molecule has 2 N–H and O–H groups in total. The molecule has 0 radical (unpaired) electrons. The first kappa shape index (κ1) is 18.5. The fourth-order valence-electron chi connectivity index (χ4n) is 3.43. The Morgan fingerprint density at radius 3 is 2.73 bits per heavy atom. The number of carbonyl (C=O) groups excluding carboxylic acids is 2. The van der Waals surface area contributed by atoms with Gasteiger partial charge in [0, 0.05) is 18.5 Å². The van der Waals surface area contributed by atoms with Gasteiger partial charge in [0.1, 0.15) is 0 Å². The van der Waals surface area contributed by atoms with Crippen molar-refractivity contribution in [3.63, 3.8) is 0 Å². The van der Waals surface area contributed by atoms with Crippen LogP contribution in [0.5, 0.6) is 11.5 Å². The molecule has 3 amide bonds. The van der Waals surface area contributed by atoms with Crippen molar-refractivity contribution in [2.45, 2.75) is 45.2 Å². The molecule has 1 fully saturated rings. The van der Waals surface area contributed by atoms with Crippen molar-refractivity contribution < 1.29 is 19.1 Å². The lowest BCUT2D eigenvalue weighted by molar-refractivity contribution is -0.121. The molecule has 142 valence electrons. The third-order valence-electron chi connectivity index (χ3n) is 4.54. The zero-order valence-corrected chi connectivity index (χ0v) is 15.4. The topological polar surface area (TPSA) is 79.9 Å². The van der Waals surface area contributed by atoms with Gasteiger partial charge >= 0.3 is 6.03 Å². The number of imide groups is 1. The van der Waals surface area contributed by atoms with E-state index in [0.29, 0.717) is 13.2 Å². The summed E-state index contributed by atoms with van der Waals surface area (Å²) in [7, 11) is 0. The van der Waals surface area contributed by atoms with E-state index in [4.69, 9.17) is 9.47 Å². The summed E-state index contributed by atoms with van der Waals surface area (Å²) in [5.74, 6) is 1.26. The number of fused-ring (bicyclic) bond motifs is 1. The summed E-state index contributed by atoms with van der Waals surface area (Å²) in [4.78, 5) is 26.0. The lowest BCUT2D eigenvalue weighted by atomic mass is 10.0. The van der Waals surface area contributed by atoms with Crippen molar-refractivity contribution in [3.8, 4) is 11.5 Å². The highest BCUT2D eigenvalue weighted by Crippen LogP contribution is 2.37. The summed E-state index contributed by atoms with van der Waals surface area (Å²) in [6.45, 7) is 6.05. The maximum absolute atomic E-state index is 12.2. The molecular weight excluding hydrogens is 334 g/mol. The average Bonchev–Trinajstić information content (AvgIpc) is 2.89. The normalized spacial score (nSPS) is 19.9. The molecule has 1 aromatic carbocycles. The van der Waals surface area contributed by atoms with Gasteiger partial charge in [-0.2, -0.15) is 0 Å². The number of hydrogen-bond acceptors (Lipinski definition) is 5.